The fourth-order valence-electron chi connectivity index (χ4n) is 3.55. The van der Waals surface area contributed by atoms with Crippen LogP contribution in [0.1, 0.15) is 22.6 Å². The van der Waals surface area contributed by atoms with E-state index < -0.39 is 6.09 Å². The first-order valence-corrected chi connectivity index (χ1v) is 8.97. The molecule has 0 spiro atoms. The second kappa shape index (κ2) is 7.63. The van der Waals surface area contributed by atoms with Crippen LogP contribution in [0, 0.1) is 0 Å². The Bertz CT molecular complexity index is 906. The molecule has 6 heteroatoms. The highest BCUT2D eigenvalue weighted by atomic mass is 16.5. The van der Waals surface area contributed by atoms with Crippen LogP contribution in [-0.4, -0.2) is 34.2 Å². The minimum atomic E-state index is -0.452. The summed E-state index contributed by atoms with van der Waals surface area (Å²) in [5, 5.41) is 15.8. The summed E-state index contributed by atoms with van der Waals surface area (Å²) in [6.07, 6.45) is 3.01. The van der Waals surface area contributed by atoms with Gasteiger partial charge in [0.1, 0.15) is 6.61 Å². The number of alkyl carbamates (subject to hydrolysis) is 1. The standard InChI is InChI=1S/C21H21N3O3/c25-10-9-24-13-15(12-23-24)11-22-21(26)27-14-20-18-7-3-1-5-16(18)17-6-2-4-8-19(17)20/h1-8,12-13,20,25H,9-11,14H2,(H,22,26). The second-order valence-corrected chi connectivity index (χ2v) is 6.51. The quantitative estimate of drug-likeness (QED) is 0.706. The first-order chi connectivity index (χ1) is 13.3. The lowest BCUT2D eigenvalue weighted by atomic mass is 9.98. The summed E-state index contributed by atoms with van der Waals surface area (Å²) >= 11 is 0. The smallest absolute Gasteiger partial charge is 0.407 e. The maximum atomic E-state index is 12.1. The van der Waals surface area contributed by atoms with Gasteiger partial charge in [0, 0.05) is 24.2 Å². The number of carbonyl (C=O) groups excluding carboxylic acids is 1. The summed E-state index contributed by atoms with van der Waals surface area (Å²) in [7, 11) is 0. The SMILES string of the molecule is O=C(NCc1cnn(CCO)c1)OCC1c2ccccc2-c2ccccc21. The van der Waals surface area contributed by atoms with Crippen molar-refractivity contribution in [3.05, 3.63) is 77.6 Å². The third-order valence-corrected chi connectivity index (χ3v) is 4.80. The van der Waals surface area contributed by atoms with Crippen molar-refractivity contribution in [3.63, 3.8) is 0 Å². The van der Waals surface area contributed by atoms with Crippen LogP contribution in [0.15, 0.2) is 60.9 Å². The van der Waals surface area contributed by atoms with Crippen molar-refractivity contribution < 1.29 is 14.6 Å². The van der Waals surface area contributed by atoms with Crippen molar-refractivity contribution in [3.8, 4) is 11.1 Å². The number of ether oxygens (including phenoxy) is 1. The van der Waals surface area contributed by atoms with E-state index in [2.05, 4.69) is 34.7 Å². The summed E-state index contributed by atoms with van der Waals surface area (Å²) in [5.41, 5.74) is 5.65. The van der Waals surface area contributed by atoms with Gasteiger partial charge in [-0.3, -0.25) is 4.68 Å². The van der Waals surface area contributed by atoms with Gasteiger partial charge in [-0.2, -0.15) is 5.10 Å². The number of amides is 1. The van der Waals surface area contributed by atoms with Gasteiger partial charge in [-0.1, -0.05) is 48.5 Å². The monoisotopic (exact) mass is 363 g/mol. The van der Waals surface area contributed by atoms with Gasteiger partial charge in [0.25, 0.3) is 0 Å². The first-order valence-electron chi connectivity index (χ1n) is 8.97. The summed E-state index contributed by atoms with van der Waals surface area (Å²) in [6, 6.07) is 16.5. The van der Waals surface area contributed by atoms with Crippen LogP contribution in [0.4, 0.5) is 4.79 Å². The molecule has 2 N–H and O–H groups in total. The van der Waals surface area contributed by atoms with Crippen molar-refractivity contribution in [1.82, 2.24) is 15.1 Å². The third-order valence-electron chi connectivity index (χ3n) is 4.80. The van der Waals surface area contributed by atoms with Crippen LogP contribution in [0.25, 0.3) is 11.1 Å². The molecule has 1 heterocycles. The number of hydrogen-bond acceptors (Lipinski definition) is 4. The van der Waals surface area contributed by atoms with Crippen LogP contribution in [0.5, 0.6) is 0 Å². The van der Waals surface area contributed by atoms with E-state index in [0.29, 0.717) is 19.7 Å². The third kappa shape index (κ3) is 3.57. The number of aliphatic hydroxyl groups is 1. The van der Waals surface area contributed by atoms with E-state index in [1.165, 1.54) is 22.3 Å². The molecular weight excluding hydrogens is 342 g/mol. The minimum Gasteiger partial charge on any atom is -0.449 e. The van der Waals surface area contributed by atoms with Crippen molar-refractivity contribution in [2.24, 2.45) is 0 Å². The fraction of sp³-hybridized carbons (Fsp3) is 0.238. The summed E-state index contributed by atoms with van der Waals surface area (Å²) in [6.45, 7) is 1.09. The molecule has 0 aliphatic heterocycles. The van der Waals surface area contributed by atoms with Crippen LogP contribution in [-0.2, 0) is 17.8 Å². The number of nitrogens with one attached hydrogen (secondary N) is 1. The van der Waals surface area contributed by atoms with E-state index in [9.17, 15) is 4.79 Å². The van der Waals surface area contributed by atoms with Gasteiger partial charge < -0.3 is 15.2 Å². The van der Waals surface area contributed by atoms with E-state index >= 15 is 0 Å². The van der Waals surface area contributed by atoms with E-state index in [4.69, 9.17) is 9.84 Å². The Hall–Kier alpha value is -3.12. The summed E-state index contributed by atoms with van der Waals surface area (Å²) in [4.78, 5) is 12.1. The minimum absolute atomic E-state index is 0.0287. The van der Waals surface area contributed by atoms with E-state index in [1.54, 1.807) is 17.1 Å². The Morgan fingerprint density at radius 2 is 1.78 bits per heavy atom. The number of rotatable bonds is 6. The first kappa shape index (κ1) is 17.3. The maximum Gasteiger partial charge on any atom is 0.407 e. The zero-order chi connectivity index (χ0) is 18.6. The zero-order valence-electron chi connectivity index (χ0n) is 14.8. The summed E-state index contributed by atoms with van der Waals surface area (Å²) in [5.74, 6) is 0.0513. The Morgan fingerprint density at radius 3 is 2.44 bits per heavy atom. The molecule has 1 aliphatic rings. The molecule has 1 aliphatic carbocycles. The number of benzene rings is 2. The highest BCUT2D eigenvalue weighted by molar-refractivity contribution is 5.79. The average Bonchev–Trinajstić information content (AvgIpc) is 3.27. The second-order valence-electron chi connectivity index (χ2n) is 6.51. The summed E-state index contributed by atoms with van der Waals surface area (Å²) < 4.78 is 7.13. The molecule has 1 amide bonds. The predicted octanol–water partition coefficient (Wildman–Crippen LogP) is 2.91. The lowest BCUT2D eigenvalue weighted by Gasteiger charge is -2.14. The molecule has 1 aromatic heterocycles. The normalized spacial score (nSPS) is 12.5. The highest BCUT2D eigenvalue weighted by Crippen LogP contribution is 2.44. The molecule has 27 heavy (non-hydrogen) atoms. The number of hydrogen-bond donors (Lipinski definition) is 2. The molecule has 0 saturated carbocycles. The number of fused-ring (bicyclic) bond motifs is 3. The largest absolute Gasteiger partial charge is 0.449 e. The Balaban J connectivity index is 1.37. The van der Waals surface area contributed by atoms with E-state index in [-0.39, 0.29) is 12.5 Å². The van der Waals surface area contributed by atoms with E-state index in [0.717, 1.165) is 5.56 Å². The van der Waals surface area contributed by atoms with Crippen molar-refractivity contribution >= 4 is 6.09 Å². The van der Waals surface area contributed by atoms with Crippen LogP contribution >= 0.6 is 0 Å². The van der Waals surface area contributed by atoms with E-state index in [1.807, 2.05) is 24.3 Å². The number of carbonyl (C=O) groups is 1. The Morgan fingerprint density at radius 1 is 1.11 bits per heavy atom. The molecule has 0 saturated heterocycles. The zero-order valence-corrected chi connectivity index (χ0v) is 14.8. The fourth-order valence-corrected chi connectivity index (χ4v) is 3.55. The van der Waals surface area contributed by atoms with Gasteiger partial charge in [0.05, 0.1) is 19.3 Å². The number of aromatic nitrogens is 2. The van der Waals surface area contributed by atoms with Crippen LogP contribution in [0.2, 0.25) is 0 Å². The molecule has 4 rings (SSSR count). The Kier molecular flexibility index (Phi) is 4.89. The number of aliphatic hydroxyl groups excluding tert-OH is 1. The molecule has 0 unspecified atom stereocenters. The lowest BCUT2D eigenvalue weighted by molar-refractivity contribution is 0.142. The van der Waals surface area contributed by atoms with Crippen LogP contribution in [0.3, 0.4) is 0 Å². The topological polar surface area (TPSA) is 76.4 Å². The molecular formula is C21H21N3O3. The van der Waals surface area contributed by atoms with Gasteiger partial charge in [0.15, 0.2) is 0 Å². The molecule has 3 aromatic rings. The molecule has 138 valence electrons. The molecule has 0 bridgehead atoms. The average molecular weight is 363 g/mol. The van der Waals surface area contributed by atoms with Crippen molar-refractivity contribution in [2.75, 3.05) is 13.2 Å². The molecule has 0 atom stereocenters. The van der Waals surface area contributed by atoms with Gasteiger partial charge in [-0.05, 0) is 22.3 Å². The van der Waals surface area contributed by atoms with Crippen LogP contribution < -0.4 is 5.32 Å². The van der Waals surface area contributed by atoms with Gasteiger partial charge in [-0.25, -0.2) is 4.79 Å². The van der Waals surface area contributed by atoms with Gasteiger partial charge >= 0.3 is 6.09 Å². The molecule has 0 fully saturated rings. The molecule has 2 aromatic carbocycles. The van der Waals surface area contributed by atoms with Gasteiger partial charge in [-0.15, -0.1) is 0 Å². The number of nitrogens with zero attached hydrogens (tertiary/aromatic N) is 2. The Labute approximate surface area is 157 Å². The molecule has 6 nitrogen and oxygen atoms in total. The molecule has 0 radical (unpaired) electrons. The van der Waals surface area contributed by atoms with Crippen molar-refractivity contribution in [2.45, 2.75) is 19.0 Å². The van der Waals surface area contributed by atoms with Crippen molar-refractivity contribution in [1.29, 1.82) is 0 Å². The van der Waals surface area contributed by atoms with Gasteiger partial charge in [0.2, 0.25) is 0 Å². The maximum absolute atomic E-state index is 12.1. The highest BCUT2D eigenvalue weighted by Gasteiger charge is 2.28. The predicted molar refractivity (Wildman–Crippen MR) is 101 cm³/mol. The lowest BCUT2D eigenvalue weighted by Crippen LogP contribution is -2.25.